The number of amides is 1. The van der Waals surface area contributed by atoms with Gasteiger partial charge in [0.25, 0.3) is 5.91 Å². The Balaban J connectivity index is 1.58. The first-order valence-electron chi connectivity index (χ1n) is 8.66. The molecule has 3 aromatic carbocycles. The number of nitrogens with one attached hydrogen (secondary N) is 1. The zero-order valence-corrected chi connectivity index (χ0v) is 14.5. The summed E-state index contributed by atoms with van der Waals surface area (Å²) >= 11 is 0. The van der Waals surface area contributed by atoms with Crippen molar-refractivity contribution in [2.45, 2.75) is 13.5 Å². The van der Waals surface area contributed by atoms with Gasteiger partial charge < -0.3 is 14.5 Å². The lowest BCUT2D eigenvalue weighted by molar-refractivity contribution is 0.0925. The molecule has 4 nitrogen and oxygen atoms in total. The summed E-state index contributed by atoms with van der Waals surface area (Å²) in [6.07, 6.45) is 0. The quantitative estimate of drug-likeness (QED) is 0.559. The standard InChI is InChI=1S/C22H19NO3/c1-2-25-19-10-6-4-8-16(19)14-23-22(24)21-13-18-17-9-5-3-7-15(17)11-12-20(18)26-21/h3-13H,2,14H2,1H3,(H,23,24). The molecule has 0 saturated carbocycles. The highest BCUT2D eigenvalue weighted by atomic mass is 16.5. The molecule has 26 heavy (non-hydrogen) atoms. The number of ether oxygens (including phenoxy) is 1. The van der Waals surface area contributed by atoms with E-state index in [2.05, 4.69) is 5.32 Å². The van der Waals surface area contributed by atoms with Crippen molar-refractivity contribution < 1.29 is 13.9 Å². The van der Waals surface area contributed by atoms with Crippen LogP contribution in [-0.2, 0) is 6.54 Å². The summed E-state index contributed by atoms with van der Waals surface area (Å²) in [5, 5.41) is 6.06. The summed E-state index contributed by atoms with van der Waals surface area (Å²) in [5.74, 6) is 0.854. The maximum Gasteiger partial charge on any atom is 0.287 e. The van der Waals surface area contributed by atoms with Gasteiger partial charge in [-0.1, -0.05) is 48.5 Å². The summed E-state index contributed by atoms with van der Waals surface area (Å²) in [4.78, 5) is 12.5. The second-order valence-corrected chi connectivity index (χ2v) is 6.03. The predicted molar refractivity (Wildman–Crippen MR) is 103 cm³/mol. The third kappa shape index (κ3) is 3.02. The van der Waals surface area contributed by atoms with Crippen molar-refractivity contribution in [1.29, 1.82) is 0 Å². The topological polar surface area (TPSA) is 51.5 Å². The molecule has 1 heterocycles. The highest BCUT2D eigenvalue weighted by molar-refractivity contribution is 6.08. The van der Waals surface area contributed by atoms with Gasteiger partial charge in [0, 0.05) is 17.5 Å². The Bertz CT molecular complexity index is 1080. The summed E-state index contributed by atoms with van der Waals surface area (Å²) in [7, 11) is 0. The van der Waals surface area contributed by atoms with Crippen LogP contribution in [0.25, 0.3) is 21.7 Å². The third-order valence-corrected chi connectivity index (χ3v) is 4.36. The normalized spacial score (nSPS) is 11.0. The van der Waals surface area contributed by atoms with Crippen LogP contribution in [0.3, 0.4) is 0 Å². The highest BCUT2D eigenvalue weighted by Gasteiger charge is 2.14. The Morgan fingerprint density at radius 2 is 1.81 bits per heavy atom. The first kappa shape index (κ1) is 16.2. The van der Waals surface area contributed by atoms with Gasteiger partial charge in [-0.15, -0.1) is 0 Å². The minimum absolute atomic E-state index is 0.239. The molecule has 4 rings (SSSR count). The first-order chi connectivity index (χ1) is 12.8. The number of fused-ring (bicyclic) bond motifs is 3. The lowest BCUT2D eigenvalue weighted by Gasteiger charge is -2.10. The number of hydrogen-bond acceptors (Lipinski definition) is 3. The van der Waals surface area contributed by atoms with Crippen LogP contribution < -0.4 is 10.1 Å². The van der Waals surface area contributed by atoms with E-state index in [4.69, 9.17) is 9.15 Å². The summed E-state index contributed by atoms with van der Waals surface area (Å²) in [5.41, 5.74) is 1.65. The lowest BCUT2D eigenvalue weighted by atomic mass is 10.1. The molecule has 0 unspecified atom stereocenters. The van der Waals surface area contributed by atoms with E-state index < -0.39 is 0 Å². The van der Waals surface area contributed by atoms with Gasteiger partial charge in [0.1, 0.15) is 11.3 Å². The minimum Gasteiger partial charge on any atom is -0.494 e. The van der Waals surface area contributed by atoms with E-state index in [1.807, 2.05) is 67.6 Å². The molecule has 4 heteroatoms. The van der Waals surface area contributed by atoms with Crippen molar-refractivity contribution in [3.05, 3.63) is 78.1 Å². The Hall–Kier alpha value is -3.27. The second-order valence-electron chi connectivity index (χ2n) is 6.03. The average molecular weight is 345 g/mol. The molecule has 0 aliphatic rings. The third-order valence-electron chi connectivity index (χ3n) is 4.36. The molecule has 130 valence electrons. The van der Waals surface area contributed by atoms with Gasteiger partial charge in [-0.05, 0) is 35.9 Å². The maximum atomic E-state index is 12.5. The van der Waals surface area contributed by atoms with Crippen LogP contribution in [0.4, 0.5) is 0 Å². The molecule has 0 radical (unpaired) electrons. The van der Waals surface area contributed by atoms with Gasteiger partial charge in [-0.3, -0.25) is 4.79 Å². The Morgan fingerprint density at radius 3 is 2.69 bits per heavy atom. The summed E-state index contributed by atoms with van der Waals surface area (Å²) in [6, 6.07) is 21.5. The number of rotatable bonds is 5. The average Bonchev–Trinajstić information content (AvgIpc) is 3.12. The highest BCUT2D eigenvalue weighted by Crippen LogP contribution is 2.28. The van der Waals surface area contributed by atoms with Crippen molar-refractivity contribution in [3.8, 4) is 5.75 Å². The van der Waals surface area contributed by atoms with Crippen molar-refractivity contribution in [2.24, 2.45) is 0 Å². The zero-order valence-electron chi connectivity index (χ0n) is 14.5. The van der Waals surface area contributed by atoms with Crippen molar-refractivity contribution in [1.82, 2.24) is 5.32 Å². The monoisotopic (exact) mass is 345 g/mol. The lowest BCUT2D eigenvalue weighted by Crippen LogP contribution is -2.22. The smallest absolute Gasteiger partial charge is 0.287 e. The molecule has 0 saturated heterocycles. The fourth-order valence-corrected chi connectivity index (χ4v) is 3.11. The van der Waals surface area contributed by atoms with E-state index in [9.17, 15) is 4.79 Å². The Labute approximate surface area is 151 Å². The number of carbonyl (C=O) groups is 1. The zero-order chi connectivity index (χ0) is 17.9. The molecule has 1 N–H and O–H groups in total. The largest absolute Gasteiger partial charge is 0.494 e. The van der Waals surface area contributed by atoms with Crippen LogP contribution in [-0.4, -0.2) is 12.5 Å². The molecule has 1 aromatic heterocycles. The summed E-state index contributed by atoms with van der Waals surface area (Å²) in [6.45, 7) is 2.91. The van der Waals surface area contributed by atoms with Crippen LogP contribution in [0.2, 0.25) is 0 Å². The van der Waals surface area contributed by atoms with Crippen LogP contribution in [0.5, 0.6) is 5.75 Å². The first-order valence-corrected chi connectivity index (χ1v) is 8.66. The van der Waals surface area contributed by atoms with Crippen molar-refractivity contribution in [2.75, 3.05) is 6.61 Å². The van der Waals surface area contributed by atoms with E-state index >= 15 is 0 Å². The molecular formula is C22H19NO3. The van der Waals surface area contributed by atoms with Crippen LogP contribution in [0, 0.1) is 0 Å². The molecule has 0 spiro atoms. The minimum atomic E-state index is -0.239. The number of hydrogen-bond donors (Lipinski definition) is 1. The Morgan fingerprint density at radius 1 is 1.00 bits per heavy atom. The van der Waals surface area contributed by atoms with E-state index in [1.54, 1.807) is 6.07 Å². The molecule has 0 bridgehead atoms. The molecule has 0 fully saturated rings. The predicted octanol–water partition coefficient (Wildman–Crippen LogP) is 4.91. The Kier molecular flexibility index (Phi) is 4.32. The van der Waals surface area contributed by atoms with Gasteiger partial charge in [-0.2, -0.15) is 0 Å². The van der Waals surface area contributed by atoms with Crippen LogP contribution in [0.1, 0.15) is 23.0 Å². The van der Waals surface area contributed by atoms with Gasteiger partial charge in [0.15, 0.2) is 5.76 Å². The van der Waals surface area contributed by atoms with E-state index in [-0.39, 0.29) is 5.91 Å². The number of benzene rings is 3. The fourth-order valence-electron chi connectivity index (χ4n) is 3.11. The number of carbonyl (C=O) groups excluding carboxylic acids is 1. The van der Waals surface area contributed by atoms with Crippen LogP contribution >= 0.6 is 0 Å². The van der Waals surface area contributed by atoms with Crippen LogP contribution in [0.15, 0.2) is 71.1 Å². The molecule has 0 atom stereocenters. The van der Waals surface area contributed by atoms with Gasteiger partial charge in [0.05, 0.1) is 6.61 Å². The number of para-hydroxylation sites is 1. The molecular weight excluding hydrogens is 326 g/mol. The second kappa shape index (κ2) is 6.92. The van der Waals surface area contributed by atoms with Gasteiger partial charge in [-0.25, -0.2) is 0 Å². The van der Waals surface area contributed by atoms with E-state index in [0.717, 1.165) is 27.5 Å². The molecule has 1 amide bonds. The van der Waals surface area contributed by atoms with E-state index in [1.165, 1.54) is 0 Å². The molecule has 0 aliphatic carbocycles. The number of furan rings is 1. The van der Waals surface area contributed by atoms with Crippen molar-refractivity contribution >= 4 is 27.6 Å². The SMILES string of the molecule is CCOc1ccccc1CNC(=O)c1cc2c(ccc3ccccc32)o1. The van der Waals surface area contributed by atoms with E-state index in [0.29, 0.717) is 24.5 Å². The fraction of sp³-hybridized carbons (Fsp3) is 0.136. The maximum absolute atomic E-state index is 12.5. The van der Waals surface area contributed by atoms with Gasteiger partial charge >= 0.3 is 0 Å². The molecule has 0 aliphatic heterocycles. The molecule has 4 aromatic rings. The summed E-state index contributed by atoms with van der Waals surface area (Å²) < 4.78 is 11.4. The van der Waals surface area contributed by atoms with Gasteiger partial charge in [0.2, 0.25) is 0 Å². The van der Waals surface area contributed by atoms with Crippen molar-refractivity contribution in [3.63, 3.8) is 0 Å².